The molecule has 0 saturated carbocycles. The van der Waals surface area contributed by atoms with E-state index in [0.717, 1.165) is 0 Å². The highest BCUT2D eigenvalue weighted by Crippen LogP contribution is 2.52. The summed E-state index contributed by atoms with van der Waals surface area (Å²) in [6, 6.07) is 0. The average molecular weight is 533 g/mol. The third kappa shape index (κ3) is 5.78. The molecule has 0 unspecified atom stereocenters. The van der Waals surface area contributed by atoms with Crippen molar-refractivity contribution in [3.8, 4) is 0 Å². The van der Waals surface area contributed by atoms with Crippen molar-refractivity contribution in [2.24, 2.45) is 0 Å². The molecule has 3 saturated heterocycles. The molecule has 3 rings (SSSR count). The summed E-state index contributed by atoms with van der Waals surface area (Å²) in [6.07, 6.45) is -5.97. The first-order valence-corrected chi connectivity index (χ1v) is 15.1. The molecule has 3 aliphatic rings. The maximum absolute atomic E-state index is 12.3. The molecule has 0 aromatic rings. The van der Waals surface area contributed by atoms with Gasteiger partial charge in [0.05, 0.1) is 13.0 Å². The van der Waals surface area contributed by atoms with E-state index in [1.807, 2.05) is 0 Å². The molecule has 0 aliphatic carbocycles. The molecule has 0 N–H and O–H groups in total. The van der Waals surface area contributed by atoms with Crippen LogP contribution in [0.1, 0.15) is 61.8 Å². The maximum Gasteiger partial charge on any atom is 0.304 e. The van der Waals surface area contributed by atoms with Crippen LogP contribution in [-0.4, -0.2) is 81.2 Å². The van der Waals surface area contributed by atoms with Gasteiger partial charge in [-0.25, -0.2) is 0 Å². The minimum Gasteiger partial charge on any atom is -0.458 e. The predicted molar refractivity (Wildman–Crippen MR) is 127 cm³/mol. The zero-order chi connectivity index (χ0) is 27.3. The number of carbonyl (C=O) groups is 3. The Hall–Kier alpha value is -1.57. The summed E-state index contributed by atoms with van der Waals surface area (Å²) in [6.45, 7) is 17.8. The number of hydrogen-bond acceptors (Lipinski definition) is 11. The van der Waals surface area contributed by atoms with Crippen LogP contribution in [0.15, 0.2) is 0 Å². The molecule has 36 heavy (non-hydrogen) atoms. The van der Waals surface area contributed by atoms with Crippen LogP contribution < -0.4 is 0 Å². The fourth-order valence-corrected chi connectivity index (χ4v) is 5.62. The second-order valence-corrected chi connectivity index (χ2v) is 16.4. The fraction of sp³-hybridized carbons (Fsp3) is 0.875. The van der Waals surface area contributed by atoms with Crippen LogP contribution in [0.3, 0.4) is 0 Å². The first kappa shape index (κ1) is 29.0. The van der Waals surface area contributed by atoms with Crippen LogP contribution in [0, 0.1) is 0 Å². The van der Waals surface area contributed by atoms with E-state index in [-0.39, 0.29) is 18.1 Å². The van der Waals surface area contributed by atoms with Gasteiger partial charge in [-0.05, 0) is 32.0 Å². The van der Waals surface area contributed by atoms with Crippen LogP contribution in [0.4, 0.5) is 0 Å². The van der Waals surface area contributed by atoms with Crippen molar-refractivity contribution in [2.75, 3.05) is 6.61 Å². The summed E-state index contributed by atoms with van der Waals surface area (Å²) < 4.78 is 48.2. The zero-order valence-corrected chi connectivity index (χ0v) is 23.9. The predicted octanol–water partition coefficient (Wildman–Crippen LogP) is 2.80. The van der Waals surface area contributed by atoms with Gasteiger partial charge in [-0.1, -0.05) is 20.8 Å². The molecule has 0 aromatic carbocycles. The van der Waals surface area contributed by atoms with Crippen LogP contribution >= 0.6 is 0 Å². The largest absolute Gasteiger partial charge is 0.458 e. The van der Waals surface area contributed by atoms with E-state index >= 15 is 0 Å². The lowest BCUT2D eigenvalue weighted by Crippen LogP contribution is -2.70. The monoisotopic (exact) mass is 532 g/mol. The van der Waals surface area contributed by atoms with Gasteiger partial charge in [-0.2, -0.15) is 0 Å². The van der Waals surface area contributed by atoms with Gasteiger partial charge in [0, 0.05) is 20.8 Å². The molecule has 3 heterocycles. The lowest BCUT2D eigenvalue weighted by atomic mass is 9.80. The summed E-state index contributed by atoms with van der Waals surface area (Å²) in [5.74, 6) is -2.83. The summed E-state index contributed by atoms with van der Waals surface area (Å²) in [4.78, 5) is 36.2. The Morgan fingerprint density at radius 3 is 2.03 bits per heavy atom. The van der Waals surface area contributed by atoms with Gasteiger partial charge >= 0.3 is 17.9 Å². The van der Waals surface area contributed by atoms with Crippen molar-refractivity contribution < 1.29 is 52.0 Å². The molecule has 3 aliphatic heterocycles. The molecular formula is C24H40O11Si. The van der Waals surface area contributed by atoms with E-state index in [1.165, 1.54) is 20.8 Å². The van der Waals surface area contributed by atoms with E-state index in [4.69, 9.17) is 37.6 Å². The maximum atomic E-state index is 12.3. The van der Waals surface area contributed by atoms with Gasteiger partial charge < -0.3 is 37.6 Å². The van der Waals surface area contributed by atoms with Gasteiger partial charge in [0.1, 0.15) is 18.3 Å². The Labute approximate surface area is 213 Å². The Morgan fingerprint density at radius 2 is 1.50 bits per heavy atom. The molecule has 0 bridgehead atoms. The Morgan fingerprint density at radius 1 is 0.917 bits per heavy atom. The molecule has 206 valence electrons. The first-order chi connectivity index (χ1) is 16.4. The molecule has 0 aromatic heterocycles. The SMILES string of the molecule is CC(=O)O[C@@H]1C[C@H](OC(C)=O)[C@@H](OC(C)=O)[C@@]2(O1)[C@@H](CO[Si](C)(C)C(C)(C)C)O[C@@H]1OC(C)(C)O[C@@H]12. The topological polar surface area (TPSA) is 125 Å². The molecule has 12 heteroatoms. The number of hydrogen-bond donors (Lipinski definition) is 0. The summed E-state index contributed by atoms with van der Waals surface area (Å²) in [7, 11) is -2.25. The Balaban J connectivity index is 2.10. The lowest BCUT2D eigenvalue weighted by molar-refractivity contribution is -0.331. The van der Waals surface area contributed by atoms with Crippen LogP contribution in [0.2, 0.25) is 18.1 Å². The number of esters is 3. The van der Waals surface area contributed by atoms with E-state index < -0.39 is 74.6 Å². The van der Waals surface area contributed by atoms with Crippen molar-refractivity contribution in [3.63, 3.8) is 0 Å². The van der Waals surface area contributed by atoms with E-state index in [1.54, 1.807) is 13.8 Å². The van der Waals surface area contributed by atoms with Gasteiger partial charge in [0.25, 0.3) is 0 Å². The highest BCUT2D eigenvalue weighted by molar-refractivity contribution is 6.74. The second-order valence-electron chi connectivity index (χ2n) is 11.5. The van der Waals surface area contributed by atoms with E-state index in [2.05, 4.69) is 33.9 Å². The smallest absolute Gasteiger partial charge is 0.304 e. The van der Waals surface area contributed by atoms with E-state index in [0.29, 0.717) is 0 Å². The first-order valence-electron chi connectivity index (χ1n) is 12.2. The van der Waals surface area contributed by atoms with Crippen LogP contribution in [0.25, 0.3) is 0 Å². The van der Waals surface area contributed by atoms with Crippen LogP contribution in [-0.2, 0) is 52.0 Å². The van der Waals surface area contributed by atoms with Gasteiger partial charge in [-0.3, -0.25) is 14.4 Å². The second kappa shape index (κ2) is 9.95. The Bertz CT molecular complexity index is 867. The normalized spacial score (nSPS) is 35.8. The standard InChI is InChI=1S/C24H40O11Si/c1-13(25)29-16-11-18(30-14(2)26)33-24(19(16)31-15(3)27)17(12-28-36(9,10)22(4,5)6)32-21-20(24)34-23(7,8)35-21/h16-21H,11-12H2,1-10H3/t16-,17+,18-,19+,20-,21+,24-/m0/s1. The Kier molecular flexibility index (Phi) is 8.01. The minimum atomic E-state index is -2.25. The molecular weight excluding hydrogens is 492 g/mol. The number of ether oxygens (including phenoxy) is 7. The molecule has 1 spiro atoms. The summed E-state index contributed by atoms with van der Waals surface area (Å²) >= 11 is 0. The van der Waals surface area contributed by atoms with Crippen molar-refractivity contribution in [3.05, 3.63) is 0 Å². The third-order valence-corrected chi connectivity index (χ3v) is 11.7. The highest BCUT2D eigenvalue weighted by Gasteiger charge is 2.73. The van der Waals surface area contributed by atoms with Crippen molar-refractivity contribution >= 4 is 26.2 Å². The molecule has 3 fully saturated rings. The zero-order valence-electron chi connectivity index (χ0n) is 22.9. The number of carbonyl (C=O) groups excluding carboxylic acids is 3. The summed E-state index contributed by atoms with van der Waals surface area (Å²) in [5.41, 5.74) is -1.56. The van der Waals surface area contributed by atoms with Gasteiger partial charge in [0.15, 0.2) is 32.1 Å². The van der Waals surface area contributed by atoms with Crippen molar-refractivity contribution in [1.29, 1.82) is 0 Å². The lowest BCUT2D eigenvalue weighted by Gasteiger charge is -2.50. The minimum absolute atomic E-state index is 0.0453. The van der Waals surface area contributed by atoms with Gasteiger partial charge in [-0.15, -0.1) is 0 Å². The van der Waals surface area contributed by atoms with Crippen molar-refractivity contribution in [1.82, 2.24) is 0 Å². The highest BCUT2D eigenvalue weighted by atomic mass is 28.4. The summed E-state index contributed by atoms with van der Waals surface area (Å²) in [5, 5.41) is -0.0904. The molecule has 0 radical (unpaired) electrons. The molecule has 11 nitrogen and oxygen atoms in total. The van der Waals surface area contributed by atoms with E-state index in [9.17, 15) is 14.4 Å². The third-order valence-electron chi connectivity index (χ3n) is 7.16. The van der Waals surface area contributed by atoms with Crippen molar-refractivity contribution in [2.45, 2.75) is 128 Å². The van der Waals surface area contributed by atoms with Gasteiger partial charge in [0.2, 0.25) is 6.29 Å². The fourth-order valence-electron chi connectivity index (χ4n) is 4.62. The molecule has 0 amide bonds. The molecule has 7 atom stereocenters. The quantitative estimate of drug-likeness (QED) is 0.285. The van der Waals surface area contributed by atoms with Crippen LogP contribution in [0.5, 0.6) is 0 Å². The average Bonchev–Trinajstić information content (AvgIpc) is 3.12. The number of fused-ring (bicyclic) bond motifs is 2. The number of rotatable bonds is 6.